The summed E-state index contributed by atoms with van der Waals surface area (Å²) >= 11 is 5.81. The van der Waals surface area contributed by atoms with E-state index < -0.39 is 0 Å². The van der Waals surface area contributed by atoms with Gasteiger partial charge in [0.15, 0.2) is 0 Å². The van der Waals surface area contributed by atoms with Crippen LogP contribution in [0.4, 0.5) is 5.95 Å². The molecule has 0 saturated carbocycles. The minimum absolute atomic E-state index is 0.0186. The molecule has 8 nitrogen and oxygen atoms in total. The number of nitrogens with one attached hydrogen (secondary N) is 1. The van der Waals surface area contributed by atoms with E-state index in [0.29, 0.717) is 24.1 Å². The van der Waals surface area contributed by atoms with Gasteiger partial charge in [0.25, 0.3) is 5.56 Å². The van der Waals surface area contributed by atoms with Gasteiger partial charge in [-0.3, -0.25) is 19.3 Å². The van der Waals surface area contributed by atoms with E-state index in [-0.39, 0.29) is 23.9 Å². The molecule has 1 atom stereocenters. The lowest BCUT2D eigenvalue weighted by molar-refractivity contribution is -0.131. The first-order valence-corrected chi connectivity index (χ1v) is 8.04. The summed E-state index contributed by atoms with van der Waals surface area (Å²) in [4.78, 5) is 34.9. The molecule has 2 aromatic heterocycles. The van der Waals surface area contributed by atoms with Gasteiger partial charge >= 0.3 is 0 Å². The highest BCUT2D eigenvalue weighted by Gasteiger charge is 2.29. The smallest absolute Gasteiger partial charge is 0.252 e. The van der Waals surface area contributed by atoms with Crippen molar-refractivity contribution in [3.8, 4) is 0 Å². The molecule has 128 valence electrons. The van der Waals surface area contributed by atoms with Gasteiger partial charge in [-0.15, -0.1) is 0 Å². The number of nitrogens with zero attached hydrogens (tertiary/aromatic N) is 5. The van der Waals surface area contributed by atoms with E-state index in [4.69, 9.17) is 11.6 Å². The van der Waals surface area contributed by atoms with Crippen molar-refractivity contribution in [2.24, 2.45) is 0 Å². The zero-order valence-corrected chi connectivity index (χ0v) is 14.3. The maximum atomic E-state index is 12.4. The number of hydrogen-bond donors (Lipinski definition) is 1. The molecular formula is C15H19ClN6O2. The topological polar surface area (TPSA) is 87.1 Å². The maximum absolute atomic E-state index is 12.4. The molecule has 0 aliphatic carbocycles. The van der Waals surface area contributed by atoms with Crippen LogP contribution in [-0.2, 0) is 11.3 Å². The van der Waals surface area contributed by atoms with Gasteiger partial charge < -0.3 is 9.80 Å². The molecule has 9 heteroatoms. The number of carbonyl (C=O) groups is 1. The van der Waals surface area contributed by atoms with Crippen LogP contribution in [0, 0.1) is 0 Å². The number of H-pyrrole nitrogens is 1. The number of carbonyl (C=O) groups excluding carboxylic acids is 1. The monoisotopic (exact) mass is 350 g/mol. The maximum Gasteiger partial charge on any atom is 0.252 e. The number of anilines is 1. The predicted octanol–water partition coefficient (Wildman–Crippen LogP) is 0.702. The van der Waals surface area contributed by atoms with Gasteiger partial charge in [0.1, 0.15) is 6.54 Å². The van der Waals surface area contributed by atoms with Gasteiger partial charge in [0.05, 0.1) is 16.9 Å². The van der Waals surface area contributed by atoms with Gasteiger partial charge in [0, 0.05) is 45.4 Å². The van der Waals surface area contributed by atoms with Gasteiger partial charge in [0.2, 0.25) is 11.9 Å². The van der Waals surface area contributed by atoms with Gasteiger partial charge in [-0.1, -0.05) is 11.6 Å². The highest BCUT2D eigenvalue weighted by Crippen LogP contribution is 2.26. The normalized spacial score (nSPS) is 17.3. The third-order valence-electron chi connectivity index (χ3n) is 4.03. The first-order chi connectivity index (χ1) is 11.4. The van der Waals surface area contributed by atoms with Gasteiger partial charge in [-0.05, 0) is 6.42 Å². The summed E-state index contributed by atoms with van der Waals surface area (Å²) in [5.41, 5.74) is 0.541. The standard InChI is InChI=1S/C15H19ClN6O2/c1-20(2)15-18-12(5-13(23)19-15)10-3-4-21(7-10)14(24)9-22-8-11(16)6-17-22/h5-6,8,10H,3-4,7,9H2,1-2H3,(H,18,19,23). The predicted molar refractivity (Wildman–Crippen MR) is 90.4 cm³/mol. The van der Waals surface area contributed by atoms with Crippen molar-refractivity contribution >= 4 is 23.5 Å². The molecule has 1 unspecified atom stereocenters. The molecule has 1 fully saturated rings. The minimum atomic E-state index is -0.181. The third kappa shape index (κ3) is 3.59. The summed E-state index contributed by atoms with van der Waals surface area (Å²) in [6, 6.07) is 1.51. The first kappa shape index (κ1) is 16.5. The van der Waals surface area contributed by atoms with E-state index in [1.165, 1.54) is 16.9 Å². The minimum Gasteiger partial charge on any atom is -0.348 e. The Bertz CT molecular complexity index is 799. The Kier molecular flexibility index (Phi) is 4.57. The molecule has 1 aliphatic heterocycles. The summed E-state index contributed by atoms with van der Waals surface area (Å²) in [5.74, 6) is 0.569. The molecule has 3 heterocycles. The molecule has 2 aromatic rings. The van der Waals surface area contributed by atoms with E-state index >= 15 is 0 Å². The number of likely N-dealkylation sites (tertiary alicyclic amines) is 1. The number of amides is 1. The van der Waals surface area contributed by atoms with Crippen molar-refractivity contribution in [1.29, 1.82) is 0 Å². The first-order valence-electron chi connectivity index (χ1n) is 7.66. The van der Waals surface area contributed by atoms with Crippen LogP contribution in [0.15, 0.2) is 23.3 Å². The number of aromatic nitrogens is 4. The second kappa shape index (κ2) is 6.64. The molecule has 24 heavy (non-hydrogen) atoms. The summed E-state index contributed by atoms with van der Waals surface area (Å²) in [6.45, 7) is 1.35. The lowest BCUT2D eigenvalue weighted by atomic mass is 10.1. The van der Waals surface area contributed by atoms with Crippen LogP contribution in [0.25, 0.3) is 0 Å². The molecule has 1 amide bonds. The molecule has 1 N–H and O–H groups in total. The van der Waals surface area contributed by atoms with Crippen molar-refractivity contribution in [1.82, 2.24) is 24.6 Å². The highest BCUT2D eigenvalue weighted by atomic mass is 35.5. The van der Waals surface area contributed by atoms with Crippen LogP contribution in [-0.4, -0.2) is 57.7 Å². The second-order valence-corrected chi connectivity index (χ2v) is 6.51. The average molecular weight is 351 g/mol. The van der Waals surface area contributed by atoms with Crippen molar-refractivity contribution < 1.29 is 4.79 Å². The Morgan fingerprint density at radius 2 is 2.29 bits per heavy atom. The van der Waals surface area contributed by atoms with Gasteiger partial charge in [-0.2, -0.15) is 5.10 Å². The summed E-state index contributed by atoms with van der Waals surface area (Å²) in [6.07, 6.45) is 3.91. The highest BCUT2D eigenvalue weighted by molar-refractivity contribution is 6.30. The quantitative estimate of drug-likeness (QED) is 0.877. The molecule has 1 saturated heterocycles. The number of aromatic amines is 1. The number of hydrogen-bond acceptors (Lipinski definition) is 5. The lowest BCUT2D eigenvalue weighted by Gasteiger charge is -2.17. The van der Waals surface area contributed by atoms with Gasteiger partial charge in [-0.25, -0.2) is 4.98 Å². The summed E-state index contributed by atoms with van der Waals surface area (Å²) in [7, 11) is 3.64. The van der Waals surface area contributed by atoms with Crippen molar-refractivity contribution in [3.05, 3.63) is 39.5 Å². The van der Waals surface area contributed by atoms with E-state index in [1.54, 1.807) is 16.0 Å². The zero-order chi connectivity index (χ0) is 17.3. The van der Waals surface area contributed by atoms with Crippen molar-refractivity contribution in [2.75, 3.05) is 32.1 Å². The second-order valence-electron chi connectivity index (χ2n) is 6.07. The van der Waals surface area contributed by atoms with Crippen LogP contribution < -0.4 is 10.5 Å². The van der Waals surface area contributed by atoms with E-state index in [2.05, 4.69) is 15.1 Å². The van der Waals surface area contributed by atoms with Crippen LogP contribution in [0.1, 0.15) is 18.0 Å². The number of halogens is 1. The SMILES string of the molecule is CN(C)c1nc(C2CCN(C(=O)Cn3cc(Cl)cn3)C2)cc(=O)[nH]1. The molecule has 3 rings (SSSR count). The van der Waals surface area contributed by atoms with Crippen LogP contribution in [0.2, 0.25) is 5.02 Å². The Morgan fingerprint density at radius 3 is 2.96 bits per heavy atom. The average Bonchev–Trinajstić information content (AvgIpc) is 3.16. The fraction of sp³-hybridized carbons (Fsp3) is 0.467. The Labute approximate surface area is 144 Å². The zero-order valence-electron chi connectivity index (χ0n) is 13.6. The Balaban J connectivity index is 1.69. The van der Waals surface area contributed by atoms with E-state index in [1.807, 2.05) is 14.1 Å². The lowest BCUT2D eigenvalue weighted by Crippen LogP contribution is -2.32. The number of rotatable bonds is 4. The molecule has 0 bridgehead atoms. The van der Waals surface area contributed by atoms with Crippen molar-refractivity contribution in [3.63, 3.8) is 0 Å². The van der Waals surface area contributed by atoms with Crippen molar-refractivity contribution in [2.45, 2.75) is 18.9 Å². The van der Waals surface area contributed by atoms with Crippen LogP contribution >= 0.6 is 11.6 Å². The Hall–Kier alpha value is -2.35. The molecular weight excluding hydrogens is 332 g/mol. The molecule has 0 radical (unpaired) electrons. The summed E-state index contributed by atoms with van der Waals surface area (Å²) < 4.78 is 1.52. The Morgan fingerprint density at radius 1 is 1.50 bits per heavy atom. The summed E-state index contributed by atoms with van der Waals surface area (Å²) in [5, 5.41) is 4.53. The molecule has 0 aromatic carbocycles. The molecule has 0 spiro atoms. The van der Waals surface area contributed by atoms with Crippen LogP contribution in [0.3, 0.4) is 0 Å². The fourth-order valence-electron chi connectivity index (χ4n) is 2.78. The third-order valence-corrected chi connectivity index (χ3v) is 4.23. The van der Waals surface area contributed by atoms with E-state index in [0.717, 1.165) is 12.1 Å². The fourth-order valence-corrected chi connectivity index (χ4v) is 2.93. The van der Waals surface area contributed by atoms with E-state index in [9.17, 15) is 9.59 Å². The molecule has 1 aliphatic rings. The largest absolute Gasteiger partial charge is 0.348 e. The van der Waals surface area contributed by atoms with Crippen LogP contribution in [0.5, 0.6) is 0 Å².